The summed E-state index contributed by atoms with van der Waals surface area (Å²) >= 11 is 0. The van der Waals surface area contributed by atoms with Gasteiger partial charge in [-0.25, -0.2) is 0 Å². The maximum absolute atomic E-state index is 12.5. The summed E-state index contributed by atoms with van der Waals surface area (Å²) in [6.07, 6.45) is 0. The van der Waals surface area contributed by atoms with Gasteiger partial charge in [0.25, 0.3) is 11.8 Å². The fraction of sp³-hybridized carbons (Fsp3) is 0.167. The van der Waals surface area contributed by atoms with Crippen LogP contribution < -0.4 is 10.6 Å². The van der Waals surface area contributed by atoms with Crippen LogP contribution >= 0.6 is 0 Å². The van der Waals surface area contributed by atoms with Crippen LogP contribution in [0.4, 0.5) is 11.4 Å². The van der Waals surface area contributed by atoms with E-state index in [0.717, 1.165) is 22.3 Å². The second kappa shape index (κ2) is 8.09. The summed E-state index contributed by atoms with van der Waals surface area (Å²) in [6.45, 7) is 7.99. The highest BCUT2D eigenvalue weighted by atomic mass is 16.2. The highest BCUT2D eigenvalue weighted by molar-refractivity contribution is 6.06. The van der Waals surface area contributed by atoms with Crippen LogP contribution in [0.3, 0.4) is 0 Å². The van der Waals surface area contributed by atoms with Crippen molar-refractivity contribution >= 4 is 23.2 Å². The van der Waals surface area contributed by atoms with Gasteiger partial charge in [0, 0.05) is 22.5 Å². The Labute approximate surface area is 165 Å². The molecular formula is C24H24N2O2. The second-order valence-corrected chi connectivity index (χ2v) is 7.09. The van der Waals surface area contributed by atoms with E-state index < -0.39 is 0 Å². The number of benzene rings is 3. The first kappa shape index (κ1) is 19.4. The zero-order valence-electron chi connectivity index (χ0n) is 16.6. The lowest BCUT2D eigenvalue weighted by Crippen LogP contribution is -2.14. The first-order valence-electron chi connectivity index (χ1n) is 9.21. The zero-order chi connectivity index (χ0) is 20.3. The molecule has 142 valence electrons. The molecule has 2 amide bonds. The van der Waals surface area contributed by atoms with Crippen LogP contribution in [0.25, 0.3) is 0 Å². The molecule has 0 aliphatic rings. The second-order valence-electron chi connectivity index (χ2n) is 7.09. The monoisotopic (exact) mass is 372 g/mol. The number of amides is 2. The van der Waals surface area contributed by atoms with Gasteiger partial charge in [-0.2, -0.15) is 0 Å². The van der Waals surface area contributed by atoms with E-state index in [0.29, 0.717) is 22.5 Å². The molecule has 4 nitrogen and oxygen atoms in total. The Bertz CT molecular complexity index is 973. The molecule has 0 saturated carbocycles. The van der Waals surface area contributed by atoms with Crippen LogP contribution in [0, 0.1) is 27.7 Å². The van der Waals surface area contributed by atoms with E-state index in [-0.39, 0.29) is 11.8 Å². The van der Waals surface area contributed by atoms with Crippen molar-refractivity contribution in [1.82, 2.24) is 0 Å². The third-order valence-corrected chi connectivity index (χ3v) is 4.92. The summed E-state index contributed by atoms with van der Waals surface area (Å²) in [5, 5.41) is 5.77. The highest BCUT2D eigenvalue weighted by Gasteiger charge is 2.10. The largest absolute Gasteiger partial charge is 0.322 e. The summed E-state index contributed by atoms with van der Waals surface area (Å²) < 4.78 is 0. The van der Waals surface area contributed by atoms with Crippen molar-refractivity contribution in [1.29, 1.82) is 0 Å². The zero-order valence-corrected chi connectivity index (χ0v) is 16.6. The van der Waals surface area contributed by atoms with Crippen molar-refractivity contribution in [2.24, 2.45) is 0 Å². The molecule has 0 heterocycles. The van der Waals surface area contributed by atoms with Crippen molar-refractivity contribution < 1.29 is 9.59 Å². The van der Waals surface area contributed by atoms with Gasteiger partial charge < -0.3 is 10.6 Å². The Morgan fingerprint density at radius 1 is 0.571 bits per heavy atom. The van der Waals surface area contributed by atoms with Crippen molar-refractivity contribution in [3.05, 3.63) is 94.0 Å². The molecule has 0 unspecified atom stereocenters. The summed E-state index contributed by atoms with van der Waals surface area (Å²) in [5.74, 6) is -0.360. The molecule has 3 aromatic carbocycles. The molecule has 0 aliphatic heterocycles. The number of aryl methyl sites for hydroxylation is 4. The van der Waals surface area contributed by atoms with Crippen molar-refractivity contribution in [2.75, 3.05) is 10.6 Å². The van der Waals surface area contributed by atoms with E-state index in [4.69, 9.17) is 0 Å². The van der Waals surface area contributed by atoms with E-state index in [2.05, 4.69) is 10.6 Å². The summed E-state index contributed by atoms with van der Waals surface area (Å²) in [6, 6.07) is 18.4. The number of nitrogens with one attached hydrogen (secondary N) is 2. The third-order valence-electron chi connectivity index (χ3n) is 4.92. The van der Waals surface area contributed by atoms with Crippen molar-refractivity contribution in [3.63, 3.8) is 0 Å². The normalized spacial score (nSPS) is 10.4. The average Bonchev–Trinajstić information content (AvgIpc) is 2.66. The van der Waals surface area contributed by atoms with Gasteiger partial charge >= 0.3 is 0 Å². The average molecular weight is 372 g/mol. The molecule has 2 N–H and O–H groups in total. The minimum absolute atomic E-state index is 0.180. The van der Waals surface area contributed by atoms with E-state index in [1.165, 1.54) is 0 Å². The summed E-state index contributed by atoms with van der Waals surface area (Å²) in [5.41, 5.74) is 6.90. The first-order chi connectivity index (χ1) is 13.3. The third kappa shape index (κ3) is 4.46. The molecule has 3 rings (SSSR count). The fourth-order valence-electron chi connectivity index (χ4n) is 2.85. The molecule has 0 bridgehead atoms. The maximum Gasteiger partial charge on any atom is 0.255 e. The molecule has 0 radical (unpaired) electrons. The lowest BCUT2D eigenvalue weighted by atomic mass is 10.1. The van der Waals surface area contributed by atoms with E-state index in [9.17, 15) is 9.59 Å². The highest BCUT2D eigenvalue weighted by Crippen LogP contribution is 2.19. The van der Waals surface area contributed by atoms with Gasteiger partial charge in [0.1, 0.15) is 0 Å². The van der Waals surface area contributed by atoms with Crippen LogP contribution in [0.2, 0.25) is 0 Å². The molecule has 0 aliphatic carbocycles. The quantitative estimate of drug-likeness (QED) is 0.642. The van der Waals surface area contributed by atoms with Crippen LogP contribution in [-0.4, -0.2) is 11.8 Å². The van der Waals surface area contributed by atoms with Crippen LogP contribution in [-0.2, 0) is 0 Å². The van der Waals surface area contributed by atoms with Gasteiger partial charge in [-0.15, -0.1) is 0 Å². The number of anilines is 2. The number of hydrogen-bond donors (Lipinski definition) is 2. The Morgan fingerprint density at radius 3 is 1.39 bits per heavy atom. The lowest BCUT2D eigenvalue weighted by molar-refractivity contribution is 0.101. The standard InChI is InChI=1S/C24H24N2O2/c1-15-8-10-19(12-17(15)3)23(27)25-21-6-5-7-22(14-21)26-24(28)20-11-9-16(2)18(4)13-20/h5-14H,1-4H3,(H,25,27)(H,26,28). The van der Waals surface area contributed by atoms with Gasteiger partial charge in [0.15, 0.2) is 0 Å². The van der Waals surface area contributed by atoms with Crippen LogP contribution in [0.15, 0.2) is 60.7 Å². The SMILES string of the molecule is Cc1ccc(C(=O)Nc2cccc(NC(=O)c3ccc(C)c(C)c3)c2)cc1C. The predicted molar refractivity (Wildman–Crippen MR) is 114 cm³/mol. The summed E-state index contributed by atoms with van der Waals surface area (Å²) in [4.78, 5) is 25.0. The number of carbonyl (C=O) groups excluding carboxylic acids is 2. The van der Waals surface area contributed by atoms with Gasteiger partial charge in [-0.05, 0) is 92.4 Å². The number of rotatable bonds is 4. The predicted octanol–water partition coefficient (Wildman–Crippen LogP) is 5.42. The summed E-state index contributed by atoms with van der Waals surface area (Å²) in [7, 11) is 0. The van der Waals surface area contributed by atoms with Crippen LogP contribution in [0.5, 0.6) is 0 Å². The van der Waals surface area contributed by atoms with E-state index in [1.807, 2.05) is 64.1 Å². The van der Waals surface area contributed by atoms with Crippen LogP contribution in [0.1, 0.15) is 43.0 Å². The molecule has 28 heavy (non-hydrogen) atoms. The topological polar surface area (TPSA) is 58.2 Å². The molecule has 0 fully saturated rings. The molecule has 0 atom stereocenters. The fourth-order valence-corrected chi connectivity index (χ4v) is 2.85. The Hall–Kier alpha value is -3.40. The van der Waals surface area contributed by atoms with Crippen molar-refractivity contribution in [3.8, 4) is 0 Å². The Balaban J connectivity index is 1.72. The van der Waals surface area contributed by atoms with Gasteiger partial charge in [-0.1, -0.05) is 18.2 Å². The van der Waals surface area contributed by atoms with E-state index in [1.54, 1.807) is 24.3 Å². The molecule has 3 aromatic rings. The Morgan fingerprint density at radius 2 is 1.00 bits per heavy atom. The number of hydrogen-bond acceptors (Lipinski definition) is 2. The van der Waals surface area contributed by atoms with Crippen molar-refractivity contribution in [2.45, 2.75) is 27.7 Å². The van der Waals surface area contributed by atoms with Gasteiger partial charge in [0.05, 0.1) is 0 Å². The number of carbonyl (C=O) groups is 2. The molecule has 0 saturated heterocycles. The Kier molecular flexibility index (Phi) is 5.59. The lowest BCUT2D eigenvalue weighted by Gasteiger charge is -2.10. The maximum atomic E-state index is 12.5. The first-order valence-corrected chi connectivity index (χ1v) is 9.21. The minimum atomic E-state index is -0.180. The smallest absolute Gasteiger partial charge is 0.255 e. The molecular weight excluding hydrogens is 348 g/mol. The van der Waals surface area contributed by atoms with Gasteiger partial charge in [-0.3, -0.25) is 9.59 Å². The minimum Gasteiger partial charge on any atom is -0.322 e. The molecule has 4 heteroatoms. The molecule has 0 aromatic heterocycles. The molecule has 0 spiro atoms. The van der Waals surface area contributed by atoms with E-state index >= 15 is 0 Å². The van der Waals surface area contributed by atoms with Gasteiger partial charge in [0.2, 0.25) is 0 Å².